The van der Waals surface area contributed by atoms with Crippen LogP contribution in [0.25, 0.3) is 0 Å². The number of anilines is 2. The summed E-state index contributed by atoms with van der Waals surface area (Å²) in [5.41, 5.74) is 6.89. The van der Waals surface area contributed by atoms with E-state index in [1.807, 2.05) is 97.1 Å². The van der Waals surface area contributed by atoms with Crippen molar-refractivity contribution in [1.82, 2.24) is 5.32 Å². The molecule has 0 spiro atoms. The van der Waals surface area contributed by atoms with E-state index < -0.39 is 0 Å². The number of rotatable bonds is 15. The zero-order valence-corrected chi connectivity index (χ0v) is 29.6. The number of benzene rings is 4. The number of nitrogens with zero attached hydrogens (tertiary/aromatic N) is 2. The molecule has 2 heterocycles. The number of nitrogens with one attached hydrogen (secondary N) is 1. The molecule has 0 saturated carbocycles. The van der Waals surface area contributed by atoms with Crippen LogP contribution in [0.1, 0.15) is 65.5 Å². The average Bonchev–Trinajstić information content (AvgIpc) is 3.16. The van der Waals surface area contributed by atoms with Gasteiger partial charge >= 0.3 is 0 Å². The molecule has 0 atom stereocenters. The highest BCUT2D eigenvalue weighted by atomic mass is 16.5. The maximum absolute atomic E-state index is 13.4. The summed E-state index contributed by atoms with van der Waals surface area (Å²) in [6, 6.07) is 30.9. The van der Waals surface area contributed by atoms with Gasteiger partial charge in [0.25, 0.3) is 0 Å². The Morgan fingerprint density at radius 1 is 0.547 bits per heavy atom. The number of Topliss-reactive ketones (excluding diaryl/α,β-unsaturated/α-hetero) is 1. The van der Waals surface area contributed by atoms with Gasteiger partial charge in [-0.2, -0.15) is 0 Å². The Balaban J connectivity index is 0.841. The second kappa shape index (κ2) is 18.5. The molecule has 1 N–H and O–H groups in total. The minimum atomic E-state index is -0.343. The SMILES string of the molecule is O=C(CCCCC(=O)N1Cc2ccccc2C#Cc2ccccc21)COCCOCC(=O)NCCC(=O)N1Cc2ccccc2C#Cc2ccccc21. The van der Waals surface area contributed by atoms with Gasteiger partial charge < -0.3 is 24.6 Å². The van der Waals surface area contributed by atoms with Crippen molar-refractivity contribution in [3.05, 3.63) is 130 Å². The standard InChI is InChI=1S/C44H41N3O6/c48-39(17-7-10-20-43(50)46-29-37-15-3-1-11-33(37)21-23-35-13-5-8-18-40(35)46)31-52-27-28-53-32-42(49)45-26-25-44(51)47-30-38-16-4-2-12-34(38)22-24-36-14-6-9-19-41(36)47/h1-6,8-9,11-16,18-19H,7,10,17,20,25-32H2,(H,45,49). The van der Waals surface area contributed by atoms with Crippen molar-refractivity contribution in [3.63, 3.8) is 0 Å². The topological polar surface area (TPSA) is 105 Å². The summed E-state index contributed by atoms with van der Waals surface area (Å²) >= 11 is 0. The van der Waals surface area contributed by atoms with Crippen LogP contribution in [0, 0.1) is 23.7 Å². The molecule has 4 aromatic rings. The molecule has 4 aromatic carbocycles. The predicted molar refractivity (Wildman–Crippen MR) is 203 cm³/mol. The fourth-order valence-corrected chi connectivity index (χ4v) is 6.18. The number of ether oxygens (including phenoxy) is 2. The van der Waals surface area contributed by atoms with Crippen molar-refractivity contribution in [2.24, 2.45) is 0 Å². The highest BCUT2D eigenvalue weighted by Gasteiger charge is 2.22. The van der Waals surface area contributed by atoms with Gasteiger partial charge in [-0.05, 0) is 60.4 Å². The van der Waals surface area contributed by atoms with Crippen LogP contribution in [-0.2, 0) is 41.7 Å². The van der Waals surface area contributed by atoms with Crippen molar-refractivity contribution < 1.29 is 28.7 Å². The second-order valence-corrected chi connectivity index (χ2v) is 12.8. The van der Waals surface area contributed by atoms with Gasteiger partial charge in [-0.1, -0.05) is 84.3 Å². The summed E-state index contributed by atoms with van der Waals surface area (Å²) < 4.78 is 10.9. The molecule has 0 unspecified atom stereocenters. The van der Waals surface area contributed by atoms with E-state index in [4.69, 9.17) is 9.47 Å². The summed E-state index contributed by atoms with van der Waals surface area (Å²) in [7, 11) is 0. The van der Waals surface area contributed by atoms with Crippen molar-refractivity contribution in [1.29, 1.82) is 0 Å². The molecule has 9 heteroatoms. The molecule has 2 aliphatic rings. The van der Waals surface area contributed by atoms with Crippen LogP contribution in [0.4, 0.5) is 11.4 Å². The monoisotopic (exact) mass is 707 g/mol. The van der Waals surface area contributed by atoms with E-state index in [1.54, 1.807) is 9.80 Å². The van der Waals surface area contributed by atoms with Crippen molar-refractivity contribution in [2.75, 3.05) is 42.8 Å². The van der Waals surface area contributed by atoms with E-state index in [0.29, 0.717) is 38.8 Å². The van der Waals surface area contributed by atoms with Crippen LogP contribution in [0.15, 0.2) is 97.1 Å². The van der Waals surface area contributed by atoms with E-state index in [1.165, 1.54) is 0 Å². The average molecular weight is 708 g/mol. The van der Waals surface area contributed by atoms with E-state index >= 15 is 0 Å². The molecule has 3 amide bonds. The van der Waals surface area contributed by atoms with Crippen molar-refractivity contribution >= 4 is 34.9 Å². The minimum Gasteiger partial charge on any atom is -0.371 e. The zero-order chi connectivity index (χ0) is 36.8. The molecular weight excluding hydrogens is 666 g/mol. The number of para-hydroxylation sites is 2. The van der Waals surface area contributed by atoms with E-state index in [9.17, 15) is 19.2 Å². The lowest BCUT2D eigenvalue weighted by molar-refractivity contribution is -0.128. The van der Waals surface area contributed by atoms with Crippen LogP contribution in [-0.4, -0.2) is 56.5 Å². The number of ketones is 1. The molecule has 0 aliphatic carbocycles. The van der Waals surface area contributed by atoms with Gasteiger partial charge in [0.2, 0.25) is 17.7 Å². The van der Waals surface area contributed by atoms with E-state index in [0.717, 1.165) is 44.8 Å². The van der Waals surface area contributed by atoms with Gasteiger partial charge in [0, 0.05) is 48.1 Å². The maximum atomic E-state index is 13.4. The summed E-state index contributed by atoms with van der Waals surface area (Å²) in [6.45, 7) is 1.05. The van der Waals surface area contributed by atoms with Gasteiger partial charge in [0.15, 0.2) is 5.78 Å². The molecule has 9 nitrogen and oxygen atoms in total. The first kappa shape index (κ1) is 36.8. The Hall–Kier alpha value is -6.00. The van der Waals surface area contributed by atoms with Crippen LogP contribution < -0.4 is 15.1 Å². The molecule has 53 heavy (non-hydrogen) atoms. The molecule has 0 radical (unpaired) electrons. The van der Waals surface area contributed by atoms with Crippen LogP contribution >= 0.6 is 0 Å². The minimum absolute atomic E-state index is 0.00697. The first-order valence-corrected chi connectivity index (χ1v) is 17.9. The predicted octanol–water partition coefficient (Wildman–Crippen LogP) is 5.55. The van der Waals surface area contributed by atoms with Gasteiger partial charge in [-0.15, -0.1) is 0 Å². The summed E-state index contributed by atoms with van der Waals surface area (Å²) in [5, 5.41) is 2.74. The third kappa shape index (κ3) is 10.1. The summed E-state index contributed by atoms with van der Waals surface area (Å²) in [4.78, 5) is 54.9. The quantitative estimate of drug-likeness (QED) is 0.128. The van der Waals surface area contributed by atoms with Crippen molar-refractivity contribution in [3.8, 4) is 23.7 Å². The smallest absolute Gasteiger partial charge is 0.246 e. The number of unbranched alkanes of at least 4 members (excludes halogenated alkanes) is 1. The first-order chi connectivity index (χ1) is 26.0. The molecule has 268 valence electrons. The molecule has 0 saturated heterocycles. The molecule has 0 aromatic heterocycles. The van der Waals surface area contributed by atoms with Crippen molar-refractivity contribution in [2.45, 2.75) is 45.2 Å². The Kier molecular flexibility index (Phi) is 12.8. The normalized spacial score (nSPS) is 12.4. The lowest BCUT2D eigenvalue weighted by Gasteiger charge is -2.26. The Labute approximate surface area is 310 Å². The third-order valence-corrected chi connectivity index (χ3v) is 8.97. The molecule has 6 rings (SSSR count). The molecular formula is C44H41N3O6. The Bertz CT molecular complexity index is 2100. The molecule has 0 fully saturated rings. The molecule has 0 bridgehead atoms. The lowest BCUT2D eigenvalue weighted by atomic mass is 10.0. The third-order valence-electron chi connectivity index (χ3n) is 8.97. The van der Waals surface area contributed by atoms with E-state index in [2.05, 4.69) is 29.0 Å². The number of hydrogen-bond donors (Lipinski definition) is 1. The van der Waals surface area contributed by atoms with Gasteiger partial charge in [-0.25, -0.2) is 0 Å². The summed E-state index contributed by atoms with van der Waals surface area (Å²) in [6.07, 6.45) is 1.89. The van der Waals surface area contributed by atoms with Crippen LogP contribution in [0.2, 0.25) is 0 Å². The number of amides is 3. The van der Waals surface area contributed by atoms with Crippen LogP contribution in [0.3, 0.4) is 0 Å². The van der Waals surface area contributed by atoms with Gasteiger partial charge in [0.1, 0.15) is 13.2 Å². The highest BCUT2D eigenvalue weighted by molar-refractivity contribution is 5.96. The van der Waals surface area contributed by atoms with Gasteiger partial charge in [-0.3, -0.25) is 19.2 Å². The zero-order valence-electron chi connectivity index (χ0n) is 29.6. The molecule has 2 aliphatic heterocycles. The highest BCUT2D eigenvalue weighted by Crippen LogP contribution is 2.27. The summed E-state index contributed by atoms with van der Waals surface area (Å²) in [5.74, 6) is 12.3. The fourth-order valence-electron chi connectivity index (χ4n) is 6.18. The Morgan fingerprint density at radius 2 is 1.00 bits per heavy atom. The fraction of sp³-hybridized carbons (Fsp3) is 0.273. The largest absolute Gasteiger partial charge is 0.371 e. The maximum Gasteiger partial charge on any atom is 0.246 e. The number of carbonyl (C=O) groups is 4. The van der Waals surface area contributed by atoms with Gasteiger partial charge in [0.05, 0.1) is 37.7 Å². The Morgan fingerprint density at radius 3 is 1.58 bits per heavy atom. The number of fused-ring (bicyclic) bond motifs is 4. The van der Waals surface area contributed by atoms with Crippen LogP contribution in [0.5, 0.6) is 0 Å². The first-order valence-electron chi connectivity index (χ1n) is 17.9. The lowest BCUT2D eigenvalue weighted by Crippen LogP contribution is -2.36. The number of hydrogen-bond acceptors (Lipinski definition) is 6. The van der Waals surface area contributed by atoms with E-state index in [-0.39, 0.29) is 62.9 Å². The second-order valence-electron chi connectivity index (χ2n) is 12.8. The number of carbonyl (C=O) groups excluding carboxylic acids is 4.